The summed E-state index contributed by atoms with van der Waals surface area (Å²) in [5, 5.41) is 4.40. The van der Waals surface area contributed by atoms with Gasteiger partial charge in [-0.1, -0.05) is 18.5 Å². The first-order valence-electron chi connectivity index (χ1n) is 7.56. The highest BCUT2D eigenvalue weighted by molar-refractivity contribution is 6.32. The molecule has 1 saturated heterocycles. The second-order valence-electron chi connectivity index (χ2n) is 5.89. The Hall–Kier alpha value is -0.930. The van der Waals surface area contributed by atoms with Crippen LogP contribution in [0.25, 0.3) is 0 Å². The molecule has 2 atom stereocenters. The minimum absolute atomic E-state index is 0.552. The highest BCUT2D eigenvalue weighted by Gasteiger charge is 2.36. The van der Waals surface area contributed by atoms with E-state index in [2.05, 4.69) is 29.3 Å². The molecular weight excluding hydrogens is 272 g/mol. The number of nitrogens with one attached hydrogen (secondary N) is 1. The summed E-state index contributed by atoms with van der Waals surface area (Å²) in [5.41, 5.74) is 1.23. The maximum absolute atomic E-state index is 6.14. The second-order valence-corrected chi connectivity index (χ2v) is 6.29. The number of rotatable bonds is 4. The summed E-state index contributed by atoms with van der Waals surface area (Å²) in [4.78, 5) is 2.53. The molecule has 20 heavy (non-hydrogen) atoms. The number of nitrogens with zero attached hydrogens (tertiary/aromatic N) is 1. The van der Waals surface area contributed by atoms with Crippen molar-refractivity contribution < 1.29 is 4.74 Å². The molecule has 1 aromatic carbocycles. The van der Waals surface area contributed by atoms with E-state index in [0.717, 1.165) is 31.2 Å². The summed E-state index contributed by atoms with van der Waals surface area (Å²) in [6, 6.07) is 7.31. The van der Waals surface area contributed by atoms with Crippen LogP contribution in [0.2, 0.25) is 5.02 Å². The molecule has 1 aromatic rings. The Labute approximate surface area is 126 Å². The summed E-state index contributed by atoms with van der Waals surface area (Å²) < 4.78 is 5.36. The molecule has 0 bridgehead atoms. The Morgan fingerprint density at radius 2 is 2.20 bits per heavy atom. The highest BCUT2D eigenvalue weighted by Crippen LogP contribution is 2.37. The first kappa shape index (κ1) is 14.0. The summed E-state index contributed by atoms with van der Waals surface area (Å²) in [5.74, 6) is 1.64. The van der Waals surface area contributed by atoms with Crippen molar-refractivity contribution in [1.82, 2.24) is 5.32 Å². The Morgan fingerprint density at radius 1 is 1.40 bits per heavy atom. The quantitative estimate of drug-likeness (QED) is 0.922. The fourth-order valence-corrected chi connectivity index (χ4v) is 3.34. The molecule has 0 radical (unpaired) electrons. The maximum Gasteiger partial charge on any atom is 0.139 e. The van der Waals surface area contributed by atoms with Crippen molar-refractivity contribution in [1.29, 1.82) is 0 Å². The van der Waals surface area contributed by atoms with E-state index >= 15 is 0 Å². The standard InChI is InChI=1S/C16H23ClN2O/c1-3-12-9-18-15(11-4-5-11)10-19(12)13-6-7-14(17)16(8-13)20-2/h6-8,11-12,15,18H,3-5,9-10H2,1-2H3. The van der Waals surface area contributed by atoms with E-state index in [4.69, 9.17) is 16.3 Å². The lowest BCUT2D eigenvalue weighted by atomic mass is 10.0. The molecule has 3 nitrogen and oxygen atoms in total. The van der Waals surface area contributed by atoms with E-state index in [0.29, 0.717) is 17.1 Å². The van der Waals surface area contributed by atoms with Crippen molar-refractivity contribution in [3.8, 4) is 5.75 Å². The molecule has 2 aliphatic rings. The third-order valence-electron chi connectivity index (χ3n) is 4.58. The van der Waals surface area contributed by atoms with Crippen molar-refractivity contribution in [2.45, 2.75) is 38.3 Å². The number of piperazine rings is 1. The van der Waals surface area contributed by atoms with E-state index in [-0.39, 0.29) is 0 Å². The van der Waals surface area contributed by atoms with Crippen LogP contribution < -0.4 is 15.0 Å². The summed E-state index contributed by atoms with van der Waals surface area (Å²) in [7, 11) is 1.67. The molecule has 110 valence electrons. The molecular formula is C16H23ClN2O. The summed E-state index contributed by atoms with van der Waals surface area (Å²) in [6.45, 7) is 4.42. The van der Waals surface area contributed by atoms with Gasteiger partial charge < -0.3 is 15.0 Å². The van der Waals surface area contributed by atoms with E-state index in [1.54, 1.807) is 7.11 Å². The zero-order chi connectivity index (χ0) is 14.1. The minimum atomic E-state index is 0.552. The third-order valence-corrected chi connectivity index (χ3v) is 4.89. The van der Waals surface area contributed by atoms with Crippen LogP contribution in [0, 0.1) is 5.92 Å². The van der Waals surface area contributed by atoms with Crippen LogP contribution in [0.4, 0.5) is 5.69 Å². The molecule has 1 aliphatic heterocycles. The van der Waals surface area contributed by atoms with E-state index in [9.17, 15) is 0 Å². The van der Waals surface area contributed by atoms with Gasteiger partial charge in [0.15, 0.2) is 0 Å². The second kappa shape index (κ2) is 5.82. The summed E-state index contributed by atoms with van der Waals surface area (Å²) >= 11 is 6.14. The van der Waals surface area contributed by atoms with Gasteiger partial charge in [0.2, 0.25) is 0 Å². The molecule has 1 heterocycles. The third kappa shape index (κ3) is 2.75. The van der Waals surface area contributed by atoms with Crippen LogP contribution in [-0.4, -0.2) is 32.3 Å². The molecule has 0 amide bonds. The molecule has 0 aromatic heterocycles. The Bertz CT molecular complexity index is 476. The van der Waals surface area contributed by atoms with Gasteiger partial charge in [0.1, 0.15) is 5.75 Å². The number of hydrogen-bond acceptors (Lipinski definition) is 3. The topological polar surface area (TPSA) is 24.5 Å². The fraction of sp³-hybridized carbons (Fsp3) is 0.625. The summed E-state index contributed by atoms with van der Waals surface area (Å²) in [6.07, 6.45) is 3.91. The van der Waals surface area contributed by atoms with Gasteiger partial charge in [0.25, 0.3) is 0 Å². The number of ether oxygens (including phenoxy) is 1. The molecule has 3 rings (SSSR count). The van der Waals surface area contributed by atoms with Gasteiger partial charge in [-0.2, -0.15) is 0 Å². The monoisotopic (exact) mass is 294 g/mol. The van der Waals surface area contributed by atoms with Crippen LogP contribution in [-0.2, 0) is 0 Å². The van der Waals surface area contributed by atoms with E-state index < -0.39 is 0 Å². The number of hydrogen-bond donors (Lipinski definition) is 1. The van der Waals surface area contributed by atoms with Gasteiger partial charge in [0, 0.05) is 36.9 Å². The van der Waals surface area contributed by atoms with Crippen LogP contribution in [0.15, 0.2) is 18.2 Å². The number of benzene rings is 1. The van der Waals surface area contributed by atoms with Gasteiger partial charge in [-0.05, 0) is 37.3 Å². The Kier molecular flexibility index (Phi) is 4.08. The highest BCUT2D eigenvalue weighted by atomic mass is 35.5. The van der Waals surface area contributed by atoms with Crippen LogP contribution in [0.3, 0.4) is 0 Å². The van der Waals surface area contributed by atoms with Gasteiger partial charge in [0.05, 0.1) is 12.1 Å². The normalized spacial score (nSPS) is 26.6. The van der Waals surface area contributed by atoms with Crippen molar-refractivity contribution >= 4 is 17.3 Å². The van der Waals surface area contributed by atoms with E-state index in [1.165, 1.54) is 18.5 Å². The maximum atomic E-state index is 6.14. The van der Waals surface area contributed by atoms with Crippen LogP contribution in [0.1, 0.15) is 26.2 Å². The zero-order valence-corrected chi connectivity index (χ0v) is 13.0. The van der Waals surface area contributed by atoms with E-state index in [1.807, 2.05) is 6.07 Å². The average molecular weight is 295 g/mol. The van der Waals surface area contributed by atoms with Gasteiger partial charge >= 0.3 is 0 Å². The smallest absolute Gasteiger partial charge is 0.139 e. The lowest BCUT2D eigenvalue weighted by molar-refractivity contribution is 0.359. The molecule has 2 unspecified atom stereocenters. The largest absolute Gasteiger partial charge is 0.495 e. The van der Waals surface area contributed by atoms with Crippen molar-refractivity contribution in [2.75, 3.05) is 25.1 Å². The lowest BCUT2D eigenvalue weighted by Gasteiger charge is -2.42. The van der Waals surface area contributed by atoms with Gasteiger partial charge in [-0.15, -0.1) is 0 Å². The number of methoxy groups -OCH3 is 1. The first-order chi connectivity index (χ1) is 9.72. The molecule has 1 aliphatic carbocycles. The fourth-order valence-electron chi connectivity index (χ4n) is 3.15. The van der Waals surface area contributed by atoms with Crippen LogP contribution in [0.5, 0.6) is 5.75 Å². The molecule has 4 heteroatoms. The minimum Gasteiger partial charge on any atom is -0.495 e. The lowest BCUT2D eigenvalue weighted by Crippen LogP contribution is -2.57. The molecule has 1 N–H and O–H groups in total. The predicted molar refractivity (Wildman–Crippen MR) is 83.9 cm³/mol. The Balaban J connectivity index is 1.83. The first-order valence-corrected chi connectivity index (χ1v) is 7.94. The van der Waals surface area contributed by atoms with Crippen molar-refractivity contribution in [2.24, 2.45) is 5.92 Å². The van der Waals surface area contributed by atoms with Crippen molar-refractivity contribution in [3.05, 3.63) is 23.2 Å². The van der Waals surface area contributed by atoms with Gasteiger partial charge in [-0.25, -0.2) is 0 Å². The number of halogens is 1. The van der Waals surface area contributed by atoms with Crippen LogP contribution >= 0.6 is 11.6 Å². The van der Waals surface area contributed by atoms with Gasteiger partial charge in [-0.3, -0.25) is 0 Å². The average Bonchev–Trinajstić information content (AvgIpc) is 3.32. The molecule has 1 saturated carbocycles. The molecule has 0 spiro atoms. The zero-order valence-electron chi connectivity index (χ0n) is 12.2. The predicted octanol–water partition coefficient (Wildman–Crippen LogP) is 3.32. The van der Waals surface area contributed by atoms with Crippen molar-refractivity contribution in [3.63, 3.8) is 0 Å². The Morgan fingerprint density at radius 3 is 2.85 bits per heavy atom. The SMILES string of the molecule is CCC1CNC(C2CC2)CN1c1ccc(Cl)c(OC)c1. The number of anilines is 1. The molecule has 2 fully saturated rings.